The third kappa shape index (κ3) is 2.29. The number of pyridine rings is 2. The zero-order valence-electron chi connectivity index (χ0n) is 11.9. The van der Waals surface area contributed by atoms with Gasteiger partial charge in [-0.05, 0) is 35.9 Å². The van der Waals surface area contributed by atoms with Crippen molar-refractivity contribution in [2.75, 3.05) is 6.73 Å². The molecule has 0 N–H and O–H groups in total. The van der Waals surface area contributed by atoms with Crippen LogP contribution in [0.1, 0.15) is 11.1 Å². The van der Waals surface area contributed by atoms with Crippen LogP contribution in [0, 0.1) is 5.82 Å². The van der Waals surface area contributed by atoms with Crippen molar-refractivity contribution in [3.8, 4) is 5.75 Å². The van der Waals surface area contributed by atoms with Gasteiger partial charge in [-0.15, -0.1) is 0 Å². The van der Waals surface area contributed by atoms with E-state index in [1.54, 1.807) is 36.8 Å². The summed E-state index contributed by atoms with van der Waals surface area (Å²) < 4.78 is 20.1. The molecule has 4 nitrogen and oxygen atoms in total. The van der Waals surface area contributed by atoms with Crippen LogP contribution >= 0.6 is 0 Å². The molecule has 0 bridgehead atoms. The maximum absolute atomic E-state index is 14.2. The van der Waals surface area contributed by atoms with E-state index in [0.717, 1.165) is 17.7 Å². The Bertz CT molecular complexity index is 823. The first-order chi connectivity index (χ1) is 10.8. The molecule has 0 spiro atoms. The van der Waals surface area contributed by atoms with Gasteiger partial charge in [0.2, 0.25) is 0 Å². The Hall–Kier alpha value is -2.53. The molecule has 0 aliphatic carbocycles. The van der Waals surface area contributed by atoms with Crippen molar-refractivity contribution in [3.05, 3.63) is 65.9 Å². The molecule has 2 aromatic heterocycles. The Morgan fingerprint density at radius 3 is 2.91 bits per heavy atom. The van der Waals surface area contributed by atoms with E-state index < -0.39 is 0 Å². The van der Waals surface area contributed by atoms with Gasteiger partial charge in [-0.2, -0.15) is 0 Å². The van der Waals surface area contributed by atoms with Crippen LogP contribution in [0.25, 0.3) is 10.9 Å². The van der Waals surface area contributed by atoms with Gasteiger partial charge in [0.15, 0.2) is 5.75 Å². The Balaban J connectivity index is 1.66. The fraction of sp³-hybridized carbons (Fsp3) is 0.176. The van der Waals surface area contributed by atoms with E-state index >= 15 is 0 Å². The molecular formula is C17H14FN3O. The van der Waals surface area contributed by atoms with E-state index in [4.69, 9.17) is 4.74 Å². The molecule has 1 aliphatic heterocycles. The first-order valence-corrected chi connectivity index (χ1v) is 7.11. The third-order valence-electron chi connectivity index (χ3n) is 3.81. The summed E-state index contributed by atoms with van der Waals surface area (Å²) in [5.41, 5.74) is 2.59. The average molecular weight is 295 g/mol. The van der Waals surface area contributed by atoms with Crippen LogP contribution in [0.5, 0.6) is 5.75 Å². The lowest BCUT2D eigenvalue weighted by Gasteiger charge is -2.29. The number of fused-ring (bicyclic) bond motifs is 3. The molecule has 4 rings (SSSR count). The van der Waals surface area contributed by atoms with Crippen LogP contribution in [-0.2, 0) is 13.1 Å². The summed E-state index contributed by atoms with van der Waals surface area (Å²) in [5, 5.41) is 0.504. The minimum Gasteiger partial charge on any atom is -0.475 e. The summed E-state index contributed by atoms with van der Waals surface area (Å²) in [7, 11) is 0. The number of benzene rings is 1. The summed E-state index contributed by atoms with van der Waals surface area (Å²) in [6.07, 6.45) is 5.20. The highest BCUT2D eigenvalue weighted by molar-refractivity contribution is 5.86. The van der Waals surface area contributed by atoms with E-state index in [9.17, 15) is 4.39 Å². The average Bonchev–Trinajstić information content (AvgIpc) is 2.56. The lowest BCUT2D eigenvalue weighted by molar-refractivity contribution is 0.0899. The van der Waals surface area contributed by atoms with E-state index in [2.05, 4.69) is 14.9 Å². The number of hydrogen-bond donors (Lipinski definition) is 0. The maximum Gasteiger partial charge on any atom is 0.152 e. The van der Waals surface area contributed by atoms with E-state index in [-0.39, 0.29) is 5.82 Å². The number of aromatic nitrogens is 2. The molecule has 0 amide bonds. The standard InChI is InChI=1S/C17H14FN3O/c18-15-8-13-10-21(9-12-3-6-19-7-4-12)11-22-17(13)16-14(15)2-1-5-20-16/h1-8H,9-11H2. The Kier molecular flexibility index (Phi) is 3.20. The zero-order valence-corrected chi connectivity index (χ0v) is 11.9. The fourth-order valence-corrected chi connectivity index (χ4v) is 2.80. The second kappa shape index (κ2) is 5.35. The smallest absolute Gasteiger partial charge is 0.152 e. The molecule has 22 heavy (non-hydrogen) atoms. The second-order valence-corrected chi connectivity index (χ2v) is 5.36. The minimum absolute atomic E-state index is 0.254. The molecule has 1 aliphatic rings. The first-order valence-electron chi connectivity index (χ1n) is 7.11. The number of ether oxygens (including phenoxy) is 1. The van der Waals surface area contributed by atoms with Gasteiger partial charge < -0.3 is 4.74 Å². The highest BCUT2D eigenvalue weighted by Gasteiger charge is 2.22. The van der Waals surface area contributed by atoms with E-state index in [1.165, 1.54) is 0 Å². The molecule has 0 saturated heterocycles. The highest BCUT2D eigenvalue weighted by atomic mass is 19.1. The van der Waals surface area contributed by atoms with Crippen molar-refractivity contribution in [3.63, 3.8) is 0 Å². The van der Waals surface area contributed by atoms with Gasteiger partial charge in [0.25, 0.3) is 0 Å². The Morgan fingerprint density at radius 2 is 2.05 bits per heavy atom. The van der Waals surface area contributed by atoms with Gasteiger partial charge in [0.05, 0.1) is 0 Å². The second-order valence-electron chi connectivity index (χ2n) is 5.36. The molecule has 0 saturated carbocycles. The highest BCUT2D eigenvalue weighted by Crippen LogP contribution is 2.34. The number of halogens is 1. The SMILES string of the molecule is Fc1cc2c(c3ncccc13)OCN(Cc1ccncc1)C2. The van der Waals surface area contributed by atoms with E-state index in [1.807, 2.05) is 12.1 Å². The summed E-state index contributed by atoms with van der Waals surface area (Å²) in [6.45, 7) is 1.84. The zero-order chi connectivity index (χ0) is 14.9. The molecular weight excluding hydrogens is 281 g/mol. The largest absolute Gasteiger partial charge is 0.475 e. The molecule has 0 unspecified atom stereocenters. The number of hydrogen-bond acceptors (Lipinski definition) is 4. The van der Waals surface area contributed by atoms with Crippen molar-refractivity contribution in [2.24, 2.45) is 0 Å². The van der Waals surface area contributed by atoms with Gasteiger partial charge >= 0.3 is 0 Å². The van der Waals surface area contributed by atoms with Gasteiger partial charge in [-0.3, -0.25) is 14.9 Å². The van der Waals surface area contributed by atoms with Crippen molar-refractivity contribution < 1.29 is 9.13 Å². The van der Waals surface area contributed by atoms with Crippen molar-refractivity contribution in [1.82, 2.24) is 14.9 Å². The van der Waals surface area contributed by atoms with Crippen molar-refractivity contribution in [2.45, 2.75) is 13.1 Å². The topological polar surface area (TPSA) is 38.2 Å². The fourth-order valence-electron chi connectivity index (χ4n) is 2.80. The summed E-state index contributed by atoms with van der Waals surface area (Å²) >= 11 is 0. The molecule has 0 fully saturated rings. The predicted octanol–water partition coefficient (Wildman–Crippen LogP) is 3.12. The van der Waals surface area contributed by atoms with Crippen LogP contribution < -0.4 is 4.74 Å². The molecule has 5 heteroatoms. The Morgan fingerprint density at radius 1 is 1.18 bits per heavy atom. The molecule has 3 heterocycles. The molecule has 1 aromatic carbocycles. The van der Waals surface area contributed by atoms with Crippen LogP contribution in [0.4, 0.5) is 4.39 Å². The molecule has 0 radical (unpaired) electrons. The number of rotatable bonds is 2. The maximum atomic E-state index is 14.2. The predicted molar refractivity (Wildman–Crippen MR) is 80.7 cm³/mol. The Labute approximate surface area is 127 Å². The van der Waals surface area contributed by atoms with Crippen LogP contribution in [-0.4, -0.2) is 21.6 Å². The number of nitrogens with zero attached hydrogens (tertiary/aromatic N) is 3. The van der Waals surface area contributed by atoms with Crippen molar-refractivity contribution in [1.29, 1.82) is 0 Å². The van der Waals surface area contributed by atoms with E-state index in [0.29, 0.717) is 29.9 Å². The first kappa shape index (κ1) is 13.2. The lowest BCUT2D eigenvalue weighted by atomic mass is 10.1. The minimum atomic E-state index is -0.254. The molecule has 3 aromatic rings. The third-order valence-corrected chi connectivity index (χ3v) is 3.81. The molecule has 0 atom stereocenters. The van der Waals surface area contributed by atoms with Gasteiger partial charge in [0, 0.05) is 42.6 Å². The van der Waals surface area contributed by atoms with Gasteiger partial charge in [-0.1, -0.05) is 0 Å². The molecule has 110 valence electrons. The summed E-state index contributed by atoms with van der Waals surface area (Å²) in [5.74, 6) is 0.444. The van der Waals surface area contributed by atoms with Crippen LogP contribution in [0.3, 0.4) is 0 Å². The van der Waals surface area contributed by atoms with Crippen molar-refractivity contribution >= 4 is 10.9 Å². The van der Waals surface area contributed by atoms with Crippen LogP contribution in [0.15, 0.2) is 48.9 Å². The monoisotopic (exact) mass is 295 g/mol. The quantitative estimate of drug-likeness (QED) is 0.728. The van der Waals surface area contributed by atoms with Gasteiger partial charge in [0.1, 0.15) is 18.1 Å². The normalized spacial score (nSPS) is 14.6. The summed E-state index contributed by atoms with van der Waals surface area (Å²) in [4.78, 5) is 10.4. The van der Waals surface area contributed by atoms with Gasteiger partial charge in [-0.25, -0.2) is 4.39 Å². The summed E-state index contributed by atoms with van der Waals surface area (Å²) in [6, 6.07) is 8.95. The lowest BCUT2D eigenvalue weighted by Crippen LogP contribution is -2.31. The van der Waals surface area contributed by atoms with Crippen LogP contribution in [0.2, 0.25) is 0 Å².